The zero-order chi connectivity index (χ0) is 14.9. The molecular weight excluding hydrogens is 316 g/mol. The Balaban J connectivity index is 2.20. The van der Waals surface area contributed by atoms with Gasteiger partial charge in [-0.3, -0.25) is 0 Å². The van der Waals surface area contributed by atoms with E-state index in [0.717, 1.165) is 22.4 Å². The Hall–Kier alpha value is -0.770. The van der Waals surface area contributed by atoms with Gasteiger partial charge in [0.15, 0.2) is 0 Å². The van der Waals surface area contributed by atoms with Gasteiger partial charge in [0.25, 0.3) is 0 Å². The maximum atomic E-state index is 6.25. The number of ether oxygens (including phenoxy) is 1. The van der Waals surface area contributed by atoms with Crippen LogP contribution in [0.5, 0.6) is 5.88 Å². The molecule has 2 N–H and O–H groups in total. The quantitative estimate of drug-likeness (QED) is 0.876. The van der Waals surface area contributed by atoms with E-state index < -0.39 is 0 Å². The lowest BCUT2D eigenvalue weighted by atomic mass is 9.75. The number of hydrogen-bond donors (Lipinski definition) is 1. The number of nitrogens with two attached hydrogens (primary N) is 1. The van der Waals surface area contributed by atoms with E-state index in [-0.39, 0.29) is 6.10 Å². The average molecular weight is 341 g/mol. The lowest BCUT2D eigenvalue weighted by Crippen LogP contribution is -2.36. The number of halogens is 1. The number of aromatic nitrogens is 1. The van der Waals surface area contributed by atoms with Crippen molar-refractivity contribution in [2.45, 2.75) is 53.1 Å². The van der Waals surface area contributed by atoms with Crippen LogP contribution in [-0.2, 0) is 0 Å². The Labute approximate surface area is 130 Å². The predicted molar refractivity (Wildman–Crippen MR) is 86.8 cm³/mol. The van der Waals surface area contributed by atoms with Crippen LogP contribution in [-0.4, -0.2) is 11.1 Å². The minimum absolute atomic E-state index is 0.255. The third kappa shape index (κ3) is 3.27. The van der Waals surface area contributed by atoms with Gasteiger partial charge in [0.1, 0.15) is 6.10 Å². The van der Waals surface area contributed by atoms with E-state index in [2.05, 4.69) is 41.7 Å². The third-order valence-electron chi connectivity index (χ3n) is 4.50. The molecule has 1 saturated carbocycles. The first-order chi connectivity index (χ1) is 9.40. The van der Waals surface area contributed by atoms with Crippen LogP contribution >= 0.6 is 15.9 Å². The monoisotopic (exact) mass is 340 g/mol. The van der Waals surface area contributed by atoms with Crippen LogP contribution < -0.4 is 10.5 Å². The zero-order valence-electron chi connectivity index (χ0n) is 12.8. The average Bonchev–Trinajstić information content (AvgIpc) is 2.39. The summed E-state index contributed by atoms with van der Waals surface area (Å²) in [6, 6.07) is 0. The predicted octanol–water partition coefficient (Wildman–Crippen LogP) is 4.57. The van der Waals surface area contributed by atoms with Crippen LogP contribution in [0.3, 0.4) is 0 Å². The van der Waals surface area contributed by atoms with Gasteiger partial charge in [-0.15, -0.1) is 0 Å². The van der Waals surface area contributed by atoms with Crippen LogP contribution in [0.15, 0.2) is 10.7 Å². The fourth-order valence-corrected chi connectivity index (χ4v) is 3.47. The van der Waals surface area contributed by atoms with Gasteiger partial charge in [0.2, 0.25) is 5.88 Å². The number of anilines is 1. The molecule has 1 aliphatic carbocycles. The van der Waals surface area contributed by atoms with Gasteiger partial charge in [-0.05, 0) is 59.0 Å². The summed E-state index contributed by atoms with van der Waals surface area (Å²) >= 11 is 3.56. The Morgan fingerprint density at radius 3 is 2.75 bits per heavy atom. The molecule has 112 valence electrons. The molecule has 1 aromatic rings. The van der Waals surface area contributed by atoms with Crippen LogP contribution in [0.25, 0.3) is 0 Å². The molecule has 0 radical (unpaired) electrons. The Morgan fingerprint density at radius 1 is 1.40 bits per heavy atom. The molecule has 3 unspecified atom stereocenters. The van der Waals surface area contributed by atoms with E-state index in [1.54, 1.807) is 6.20 Å². The Morgan fingerprint density at radius 2 is 2.10 bits per heavy atom. The maximum absolute atomic E-state index is 6.25. The molecule has 0 spiro atoms. The van der Waals surface area contributed by atoms with Crippen molar-refractivity contribution in [2.75, 3.05) is 5.73 Å². The van der Waals surface area contributed by atoms with Crippen molar-refractivity contribution in [3.63, 3.8) is 0 Å². The summed E-state index contributed by atoms with van der Waals surface area (Å²) in [5.41, 5.74) is 7.57. The lowest BCUT2D eigenvalue weighted by molar-refractivity contribution is 0.0420. The molecule has 3 nitrogen and oxygen atoms in total. The molecule has 3 atom stereocenters. The molecule has 0 aromatic carbocycles. The van der Waals surface area contributed by atoms with Crippen LogP contribution in [0, 0.1) is 24.7 Å². The fourth-order valence-electron chi connectivity index (χ4n) is 3.04. The normalized spacial score (nSPS) is 26.8. The second-order valence-electron chi connectivity index (χ2n) is 6.44. The summed E-state index contributed by atoms with van der Waals surface area (Å²) in [7, 11) is 0. The Bertz CT molecular complexity index is 476. The number of rotatable bonds is 3. The lowest BCUT2D eigenvalue weighted by Gasteiger charge is -2.37. The minimum atomic E-state index is 0.255. The molecule has 2 rings (SSSR count). The first-order valence-corrected chi connectivity index (χ1v) is 8.26. The van der Waals surface area contributed by atoms with Crippen molar-refractivity contribution in [1.29, 1.82) is 0 Å². The molecule has 1 heterocycles. The summed E-state index contributed by atoms with van der Waals surface area (Å²) in [6.07, 6.45) is 5.60. The van der Waals surface area contributed by atoms with Crippen molar-refractivity contribution >= 4 is 21.6 Å². The highest BCUT2D eigenvalue weighted by atomic mass is 79.9. The number of nitrogens with zero attached hydrogens (tertiary/aromatic N) is 1. The van der Waals surface area contributed by atoms with E-state index in [0.29, 0.717) is 23.4 Å². The number of pyridine rings is 1. The number of nitrogen functional groups attached to an aromatic ring is 1. The van der Waals surface area contributed by atoms with Crippen molar-refractivity contribution in [2.24, 2.45) is 17.8 Å². The molecule has 20 heavy (non-hydrogen) atoms. The Kier molecular flexibility index (Phi) is 4.95. The molecule has 0 bridgehead atoms. The van der Waals surface area contributed by atoms with Gasteiger partial charge in [0, 0.05) is 0 Å². The number of hydrogen-bond acceptors (Lipinski definition) is 3. The minimum Gasteiger partial charge on any atom is -0.473 e. The highest BCUT2D eigenvalue weighted by molar-refractivity contribution is 9.10. The van der Waals surface area contributed by atoms with Crippen molar-refractivity contribution in [3.8, 4) is 5.88 Å². The van der Waals surface area contributed by atoms with E-state index in [9.17, 15) is 0 Å². The maximum Gasteiger partial charge on any atom is 0.228 e. The van der Waals surface area contributed by atoms with Crippen molar-refractivity contribution in [1.82, 2.24) is 4.98 Å². The second kappa shape index (κ2) is 6.33. The van der Waals surface area contributed by atoms with E-state index in [4.69, 9.17) is 10.5 Å². The molecule has 0 saturated heterocycles. The molecule has 0 aliphatic heterocycles. The van der Waals surface area contributed by atoms with Gasteiger partial charge >= 0.3 is 0 Å². The molecule has 1 fully saturated rings. The summed E-state index contributed by atoms with van der Waals surface area (Å²) in [4.78, 5) is 4.36. The second-order valence-corrected chi connectivity index (χ2v) is 7.23. The smallest absolute Gasteiger partial charge is 0.228 e. The summed E-state index contributed by atoms with van der Waals surface area (Å²) in [5.74, 6) is 2.66. The van der Waals surface area contributed by atoms with Crippen LogP contribution in [0.1, 0.15) is 45.6 Å². The summed E-state index contributed by atoms with van der Waals surface area (Å²) in [5, 5.41) is 0. The van der Waals surface area contributed by atoms with E-state index in [1.165, 1.54) is 12.8 Å². The molecule has 1 aliphatic rings. The first kappa shape index (κ1) is 15.6. The topological polar surface area (TPSA) is 48.1 Å². The van der Waals surface area contributed by atoms with Gasteiger partial charge in [-0.25, -0.2) is 4.98 Å². The summed E-state index contributed by atoms with van der Waals surface area (Å²) < 4.78 is 7.14. The van der Waals surface area contributed by atoms with Gasteiger partial charge in [-0.1, -0.05) is 27.2 Å². The van der Waals surface area contributed by atoms with Crippen molar-refractivity contribution in [3.05, 3.63) is 16.2 Å². The van der Waals surface area contributed by atoms with E-state index >= 15 is 0 Å². The van der Waals surface area contributed by atoms with E-state index in [1.807, 2.05) is 6.92 Å². The SMILES string of the molecule is Cc1c(N)cnc(OC2CC(C)CCC2C(C)C)c1Br. The zero-order valence-corrected chi connectivity index (χ0v) is 14.4. The van der Waals surface area contributed by atoms with Crippen LogP contribution in [0.4, 0.5) is 5.69 Å². The van der Waals surface area contributed by atoms with Crippen LogP contribution in [0.2, 0.25) is 0 Å². The molecular formula is C16H25BrN2O. The van der Waals surface area contributed by atoms with Gasteiger partial charge < -0.3 is 10.5 Å². The van der Waals surface area contributed by atoms with Crippen molar-refractivity contribution < 1.29 is 4.74 Å². The third-order valence-corrected chi connectivity index (χ3v) is 5.43. The fraction of sp³-hybridized carbons (Fsp3) is 0.688. The first-order valence-electron chi connectivity index (χ1n) is 7.47. The summed E-state index contributed by atoms with van der Waals surface area (Å²) in [6.45, 7) is 8.86. The molecule has 4 heteroatoms. The highest BCUT2D eigenvalue weighted by Gasteiger charge is 2.33. The van der Waals surface area contributed by atoms with Gasteiger partial charge in [0.05, 0.1) is 16.4 Å². The standard InChI is InChI=1S/C16H25BrN2O/c1-9(2)12-6-5-10(3)7-14(12)20-16-15(17)11(4)13(18)8-19-16/h8-10,12,14H,5-7,18H2,1-4H3. The highest BCUT2D eigenvalue weighted by Crippen LogP contribution is 2.38. The largest absolute Gasteiger partial charge is 0.473 e. The molecule has 1 aromatic heterocycles. The van der Waals surface area contributed by atoms with Gasteiger partial charge in [-0.2, -0.15) is 0 Å². The molecule has 0 amide bonds.